The van der Waals surface area contributed by atoms with E-state index in [1.54, 1.807) is 23.6 Å². The Labute approximate surface area is 292 Å². The summed E-state index contributed by atoms with van der Waals surface area (Å²) in [7, 11) is 0. The number of benzene rings is 2. The summed E-state index contributed by atoms with van der Waals surface area (Å²) in [4.78, 5) is 27.4. The predicted octanol–water partition coefficient (Wildman–Crippen LogP) is 6.66. The summed E-state index contributed by atoms with van der Waals surface area (Å²) in [6.07, 6.45) is -3.88. The normalized spacial score (nSPS) is 24.7. The number of anilines is 2. The van der Waals surface area contributed by atoms with Crippen LogP contribution in [0.5, 0.6) is 6.01 Å². The maximum atomic E-state index is 17.1. The molecule has 268 valence electrons. The fourth-order valence-electron chi connectivity index (χ4n) is 8.59. The molecule has 51 heavy (non-hydrogen) atoms. The third kappa shape index (κ3) is 5.17. The molecule has 4 aliphatic heterocycles. The van der Waals surface area contributed by atoms with E-state index >= 15 is 17.6 Å². The monoisotopic (exact) mass is 729 g/mol. The van der Waals surface area contributed by atoms with Crippen LogP contribution in [0.15, 0.2) is 18.2 Å². The number of aromatic nitrogens is 2. The first-order valence-electron chi connectivity index (χ1n) is 16.8. The number of fused-ring (bicyclic) bond motifs is 4. The van der Waals surface area contributed by atoms with Crippen LogP contribution in [-0.4, -0.2) is 82.3 Å². The molecular weight excluding hydrogens is 696 g/mol. The SMILES string of the molecule is CC(C)C(=O)N1CCC2C1CN2c1nc(OCC23CCCN2CC(F)C3)nc2c(F)c(-c3ccc(F)c4sc(N)c(C#N)c34)c(C(F)(F)F)cc12. The Morgan fingerprint density at radius 3 is 2.71 bits per heavy atom. The van der Waals surface area contributed by atoms with Gasteiger partial charge in [-0.05, 0) is 43.5 Å². The molecule has 1 amide bonds. The molecule has 2 N–H and O–H groups in total. The lowest BCUT2D eigenvalue weighted by molar-refractivity contribution is -0.137. The summed E-state index contributed by atoms with van der Waals surface area (Å²) in [5.41, 5.74) is 1.97. The highest BCUT2D eigenvalue weighted by atomic mass is 32.1. The lowest BCUT2D eigenvalue weighted by Gasteiger charge is -2.48. The van der Waals surface area contributed by atoms with Crippen molar-refractivity contribution in [3.8, 4) is 23.2 Å². The van der Waals surface area contributed by atoms with Crippen LogP contribution < -0.4 is 15.4 Å². The van der Waals surface area contributed by atoms with Gasteiger partial charge in [0.05, 0.1) is 33.4 Å². The van der Waals surface area contributed by atoms with Gasteiger partial charge in [-0.2, -0.15) is 28.4 Å². The number of nitrogens with two attached hydrogens (primary N) is 1. The van der Waals surface area contributed by atoms with Gasteiger partial charge in [-0.1, -0.05) is 19.9 Å². The quantitative estimate of drug-likeness (QED) is 0.220. The standard InChI is InChI=1S/C35H33F6N7O2S/c1-16(2)32(49)47-9-6-23-24(47)14-48(23)31-19-10-21(35(39,40)41)26(18-4-5-22(37)29-25(18)20(12-42)30(43)51-29)27(38)28(19)44-33(45-31)50-15-34-7-3-8-46(34)13-17(36)11-34/h4-5,10,16-17,23-24H,3,6-9,11,13-15,43H2,1-2H3. The van der Waals surface area contributed by atoms with Crippen molar-refractivity contribution in [3.05, 3.63) is 41.0 Å². The number of alkyl halides is 4. The third-order valence-corrected chi connectivity index (χ3v) is 12.0. The van der Waals surface area contributed by atoms with Crippen LogP contribution in [0.3, 0.4) is 0 Å². The van der Waals surface area contributed by atoms with Gasteiger partial charge in [0.1, 0.15) is 41.0 Å². The molecule has 16 heteroatoms. The highest BCUT2D eigenvalue weighted by molar-refractivity contribution is 7.23. The fourth-order valence-corrected chi connectivity index (χ4v) is 9.54. The molecule has 9 nitrogen and oxygen atoms in total. The third-order valence-electron chi connectivity index (χ3n) is 11.0. The Bertz CT molecular complexity index is 2150. The van der Waals surface area contributed by atoms with Crippen molar-refractivity contribution < 1.29 is 35.9 Å². The van der Waals surface area contributed by atoms with Crippen molar-refractivity contribution in [3.63, 3.8) is 0 Å². The Morgan fingerprint density at radius 2 is 1.98 bits per heavy atom. The van der Waals surface area contributed by atoms with Crippen molar-refractivity contribution in [2.45, 2.75) is 69.5 Å². The van der Waals surface area contributed by atoms with Gasteiger partial charge in [-0.15, -0.1) is 11.3 Å². The van der Waals surface area contributed by atoms with Crippen molar-refractivity contribution in [2.24, 2.45) is 5.92 Å². The van der Waals surface area contributed by atoms with Crippen molar-refractivity contribution in [1.29, 1.82) is 5.26 Å². The zero-order chi connectivity index (χ0) is 36.1. The summed E-state index contributed by atoms with van der Waals surface area (Å²) in [6.45, 7) is 5.25. The van der Waals surface area contributed by atoms with Crippen molar-refractivity contribution in [1.82, 2.24) is 19.8 Å². The number of hydrogen-bond donors (Lipinski definition) is 1. The smallest absolute Gasteiger partial charge is 0.417 e. The number of rotatable bonds is 6. The second kappa shape index (κ2) is 11.8. The summed E-state index contributed by atoms with van der Waals surface area (Å²) in [5.74, 6) is -2.44. The number of halogens is 6. The van der Waals surface area contributed by atoms with Gasteiger partial charge in [0, 0.05) is 48.3 Å². The molecule has 4 saturated heterocycles. The molecule has 0 aliphatic carbocycles. The number of nitriles is 1. The average Bonchev–Trinajstić information content (AvgIpc) is 3.79. The van der Waals surface area contributed by atoms with Crippen LogP contribution in [0, 0.1) is 28.9 Å². The number of carbonyl (C=O) groups is 1. The summed E-state index contributed by atoms with van der Waals surface area (Å²) >= 11 is 0.685. The molecule has 4 aliphatic rings. The zero-order valence-electron chi connectivity index (χ0n) is 27.7. The summed E-state index contributed by atoms with van der Waals surface area (Å²) < 4.78 is 97.6. The van der Waals surface area contributed by atoms with Gasteiger partial charge in [-0.25, -0.2) is 13.2 Å². The van der Waals surface area contributed by atoms with Crippen LogP contribution in [0.1, 0.15) is 50.7 Å². The number of thiophene rings is 1. The fraction of sp³-hybridized carbons (Fsp3) is 0.486. The Balaban J connectivity index is 1.31. The maximum absolute atomic E-state index is 17.1. The first-order valence-corrected chi connectivity index (χ1v) is 17.7. The van der Waals surface area contributed by atoms with Gasteiger partial charge < -0.3 is 20.3 Å². The predicted molar refractivity (Wildman–Crippen MR) is 179 cm³/mol. The molecule has 4 aromatic rings. The molecule has 0 bridgehead atoms. The molecule has 2 aromatic carbocycles. The minimum atomic E-state index is -5.10. The van der Waals surface area contributed by atoms with Gasteiger partial charge in [0.2, 0.25) is 5.91 Å². The number of nitrogens with zero attached hydrogens (tertiary/aromatic N) is 6. The summed E-state index contributed by atoms with van der Waals surface area (Å²) in [5, 5.41) is 9.26. The van der Waals surface area contributed by atoms with Gasteiger partial charge in [-0.3, -0.25) is 9.69 Å². The number of likely N-dealkylation sites (tertiary alicyclic amines) is 1. The van der Waals surface area contributed by atoms with E-state index in [0.717, 1.165) is 24.6 Å². The molecule has 4 atom stereocenters. The van der Waals surface area contributed by atoms with Crippen LogP contribution in [0.2, 0.25) is 0 Å². The minimum Gasteiger partial charge on any atom is -0.461 e. The van der Waals surface area contributed by atoms with Crippen molar-refractivity contribution >= 4 is 49.1 Å². The number of ether oxygens (including phenoxy) is 1. The van der Waals surface area contributed by atoms with Crippen LogP contribution in [0.25, 0.3) is 32.1 Å². The maximum Gasteiger partial charge on any atom is 0.417 e. The van der Waals surface area contributed by atoms with E-state index in [1.807, 2.05) is 11.0 Å². The van der Waals surface area contributed by atoms with E-state index in [2.05, 4.69) is 9.97 Å². The first kappa shape index (κ1) is 33.8. The van der Waals surface area contributed by atoms with Crippen LogP contribution >= 0.6 is 11.3 Å². The molecule has 4 fully saturated rings. The highest BCUT2D eigenvalue weighted by Crippen LogP contribution is 2.49. The Morgan fingerprint density at radius 1 is 1.20 bits per heavy atom. The topological polar surface area (TPSA) is 112 Å². The second-order valence-corrected chi connectivity index (χ2v) is 15.3. The van der Waals surface area contributed by atoms with Gasteiger partial charge in [0.25, 0.3) is 0 Å². The second-order valence-electron chi connectivity index (χ2n) is 14.2. The Kier molecular flexibility index (Phi) is 7.84. The van der Waals surface area contributed by atoms with E-state index in [-0.39, 0.29) is 93.5 Å². The zero-order valence-corrected chi connectivity index (χ0v) is 28.5. The lowest BCUT2D eigenvalue weighted by Crippen LogP contribution is -2.63. The van der Waals surface area contributed by atoms with Crippen LogP contribution in [-0.2, 0) is 11.0 Å². The largest absolute Gasteiger partial charge is 0.461 e. The molecule has 2 aromatic heterocycles. The average molecular weight is 730 g/mol. The van der Waals surface area contributed by atoms with E-state index in [9.17, 15) is 18.8 Å². The lowest BCUT2D eigenvalue weighted by atomic mass is 9.91. The molecule has 4 unspecified atom stereocenters. The van der Waals surface area contributed by atoms with E-state index in [4.69, 9.17) is 10.5 Å². The number of hydrogen-bond acceptors (Lipinski definition) is 9. The highest BCUT2D eigenvalue weighted by Gasteiger charge is 2.51. The van der Waals surface area contributed by atoms with Gasteiger partial charge >= 0.3 is 12.2 Å². The summed E-state index contributed by atoms with van der Waals surface area (Å²) in [6, 6.07) is 3.75. The molecule has 6 heterocycles. The first-order chi connectivity index (χ1) is 24.2. The number of carbonyl (C=O) groups excluding carboxylic acids is 1. The van der Waals surface area contributed by atoms with Crippen molar-refractivity contribution in [2.75, 3.05) is 43.4 Å². The Hall–Kier alpha value is -4.36. The molecular formula is C35H33F6N7O2S. The minimum absolute atomic E-state index is 0.00546. The molecule has 0 spiro atoms. The van der Waals surface area contributed by atoms with E-state index < -0.39 is 46.2 Å². The van der Waals surface area contributed by atoms with E-state index in [1.165, 1.54) is 0 Å². The molecule has 8 rings (SSSR count). The number of nitrogen functional groups attached to an aromatic ring is 1. The molecule has 0 radical (unpaired) electrons. The van der Waals surface area contributed by atoms with E-state index in [0.29, 0.717) is 37.3 Å². The molecule has 0 saturated carbocycles. The number of amides is 1. The van der Waals surface area contributed by atoms with Crippen LogP contribution in [0.4, 0.5) is 37.2 Å². The van der Waals surface area contributed by atoms with Gasteiger partial charge in [0.15, 0.2) is 5.82 Å².